The summed E-state index contributed by atoms with van der Waals surface area (Å²) in [6.07, 6.45) is 48.6. The van der Waals surface area contributed by atoms with Crippen LogP contribution in [-0.4, -0.2) is 0 Å². The van der Waals surface area contributed by atoms with Crippen molar-refractivity contribution in [1.29, 1.82) is 0 Å². The first-order valence-electron chi connectivity index (χ1n) is 20.6. The summed E-state index contributed by atoms with van der Waals surface area (Å²) in [5.74, 6) is 2.36. The Kier molecular flexibility index (Phi) is 8.53. The van der Waals surface area contributed by atoms with E-state index in [9.17, 15) is 0 Å². The molecule has 0 aromatic heterocycles. The summed E-state index contributed by atoms with van der Waals surface area (Å²) in [4.78, 5) is 0. The van der Waals surface area contributed by atoms with Gasteiger partial charge in [-0.2, -0.15) is 0 Å². The van der Waals surface area contributed by atoms with E-state index in [1.54, 1.807) is 72.5 Å². The Morgan fingerprint density at radius 1 is 0.667 bits per heavy atom. The molecule has 0 nitrogen and oxygen atoms in total. The largest absolute Gasteiger partial charge is 0.0839 e. The van der Waals surface area contributed by atoms with Crippen molar-refractivity contribution in [3.63, 3.8) is 0 Å². The molecule has 0 heterocycles. The Morgan fingerprint density at radius 2 is 1.45 bits per heavy atom. The molecule has 0 fully saturated rings. The zero-order valence-electron chi connectivity index (χ0n) is 32.0. The molecule has 0 spiro atoms. The molecule has 0 aromatic rings. The SMILES string of the molecule is CC(C)C1=C(C2=CCC(C3=CC4=C(C=C(C5=CC=C(C6=C7C=CC8=CC(C(C)(C)C)=CC9C=CC(=C7C89)CC6)CC5)CC4)CC3)CC2)CCC=C1. The molecule has 0 saturated carbocycles. The number of hydrogen-bond acceptors (Lipinski definition) is 0. The number of rotatable bonds is 5. The maximum absolute atomic E-state index is 2.65. The fourth-order valence-corrected chi connectivity index (χ4v) is 10.8. The first kappa shape index (κ1) is 33.2. The highest BCUT2D eigenvalue weighted by atomic mass is 14.4. The van der Waals surface area contributed by atoms with Crippen molar-refractivity contribution in [1.82, 2.24) is 0 Å². The van der Waals surface area contributed by atoms with Crippen molar-refractivity contribution in [3.8, 4) is 0 Å². The first-order chi connectivity index (χ1) is 24.7. The van der Waals surface area contributed by atoms with Gasteiger partial charge < -0.3 is 0 Å². The zero-order chi connectivity index (χ0) is 34.9. The third-order valence-corrected chi connectivity index (χ3v) is 13.8. The van der Waals surface area contributed by atoms with Crippen LogP contribution in [0.3, 0.4) is 0 Å². The van der Waals surface area contributed by atoms with Crippen LogP contribution in [-0.2, 0) is 0 Å². The second-order valence-corrected chi connectivity index (χ2v) is 18.1. The third kappa shape index (κ3) is 6.09. The monoisotopic (exact) mass is 670 g/mol. The molecule has 0 N–H and O–H groups in total. The molecular weight excluding hydrogens is 613 g/mol. The van der Waals surface area contributed by atoms with Crippen molar-refractivity contribution in [2.24, 2.45) is 29.1 Å². The highest BCUT2D eigenvalue weighted by Gasteiger charge is 2.39. The predicted molar refractivity (Wildman–Crippen MR) is 217 cm³/mol. The second-order valence-electron chi connectivity index (χ2n) is 18.1. The average molecular weight is 671 g/mol. The lowest BCUT2D eigenvalue weighted by Crippen LogP contribution is -2.29. The van der Waals surface area contributed by atoms with Gasteiger partial charge in [-0.1, -0.05) is 119 Å². The molecule has 0 amide bonds. The topological polar surface area (TPSA) is 0 Å². The minimum Gasteiger partial charge on any atom is -0.0839 e. The quantitative estimate of drug-likeness (QED) is 0.273. The Bertz CT molecular complexity index is 2000. The van der Waals surface area contributed by atoms with Crippen LogP contribution in [0.15, 0.2) is 163 Å². The minimum atomic E-state index is 0.183. The van der Waals surface area contributed by atoms with Crippen molar-refractivity contribution >= 4 is 0 Å². The molecule has 3 unspecified atom stereocenters. The van der Waals surface area contributed by atoms with Gasteiger partial charge in [0, 0.05) is 11.8 Å². The van der Waals surface area contributed by atoms with E-state index >= 15 is 0 Å². The zero-order valence-corrected chi connectivity index (χ0v) is 32.0. The van der Waals surface area contributed by atoms with Crippen LogP contribution >= 0.6 is 0 Å². The lowest BCUT2D eigenvalue weighted by Gasteiger charge is -2.42. The summed E-state index contributed by atoms with van der Waals surface area (Å²) < 4.78 is 0. The van der Waals surface area contributed by atoms with Gasteiger partial charge in [-0.3, -0.25) is 0 Å². The molecule has 0 aromatic carbocycles. The lowest BCUT2D eigenvalue weighted by atomic mass is 9.62. The standard InChI is InChI=1S/C51H58/c1-32(2)45-8-6-7-9-46(45)35-14-10-33(11-15-35)38-19-21-41-29-39(20-22-40(41)28-38)34-12-16-36(17-13-34)47-26-24-37-18-23-42-30-44(51(3,4)5)31-43-25-27-48(47)50(37)49(42)43/h6,8,12,14,16,18,23,25,27-33,42,49H,7,9-11,13,15,17,19-22,24,26H2,1-5H3. The fourth-order valence-electron chi connectivity index (χ4n) is 10.8. The lowest BCUT2D eigenvalue weighted by molar-refractivity contribution is 0.489. The van der Waals surface area contributed by atoms with E-state index in [1.165, 1.54) is 94.6 Å². The van der Waals surface area contributed by atoms with Gasteiger partial charge in [0.15, 0.2) is 0 Å². The minimum absolute atomic E-state index is 0.183. The van der Waals surface area contributed by atoms with E-state index in [1.807, 2.05) is 0 Å². The van der Waals surface area contributed by atoms with Crippen LogP contribution in [0.1, 0.15) is 118 Å². The molecule has 51 heavy (non-hydrogen) atoms. The van der Waals surface area contributed by atoms with Crippen LogP contribution in [0.5, 0.6) is 0 Å². The van der Waals surface area contributed by atoms with E-state index in [0.717, 1.165) is 5.92 Å². The molecule has 9 aliphatic carbocycles. The van der Waals surface area contributed by atoms with Gasteiger partial charge in [-0.25, -0.2) is 0 Å². The average Bonchev–Trinajstić information content (AvgIpc) is 3.16. The van der Waals surface area contributed by atoms with Gasteiger partial charge in [-0.05, 0) is 179 Å². The predicted octanol–water partition coefficient (Wildman–Crippen LogP) is 14.1. The Hall–Kier alpha value is -3.64. The Labute approximate surface area is 308 Å². The summed E-state index contributed by atoms with van der Waals surface area (Å²) in [6, 6.07) is 0. The Balaban J connectivity index is 0.923. The highest BCUT2D eigenvalue weighted by Crippen LogP contribution is 2.53. The molecular formula is C51H58. The summed E-state index contributed by atoms with van der Waals surface area (Å²) in [7, 11) is 0. The van der Waals surface area contributed by atoms with Gasteiger partial charge in [0.1, 0.15) is 0 Å². The molecule has 262 valence electrons. The normalized spacial score (nSPS) is 28.9. The molecule has 0 saturated heterocycles. The molecule has 9 rings (SSSR count). The molecule has 0 heteroatoms. The van der Waals surface area contributed by atoms with Gasteiger partial charge in [0.25, 0.3) is 0 Å². The fraction of sp³-hybridized carbons (Fsp3) is 0.451. The summed E-state index contributed by atoms with van der Waals surface area (Å²) in [5, 5.41) is 0. The van der Waals surface area contributed by atoms with E-state index in [2.05, 4.69) is 114 Å². The molecule has 0 radical (unpaired) electrons. The van der Waals surface area contributed by atoms with E-state index in [0.29, 0.717) is 17.8 Å². The third-order valence-electron chi connectivity index (χ3n) is 13.8. The van der Waals surface area contributed by atoms with Crippen LogP contribution in [0.25, 0.3) is 0 Å². The number of allylic oxidation sites excluding steroid dienone is 28. The number of hydrogen-bond donors (Lipinski definition) is 0. The first-order valence-corrected chi connectivity index (χ1v) is 20.6. The van der Waals surface area contributed by atoms with Crippen LogP contribution in [0.4, 0.5) is 0 Å². The summed E-state index contributed by atoms with van der Waals surface area (Å²) in [5.41, 5.74) is 24.3. The maximum atomic E-state index is 2.65. The molecule has 0 aliphatic heterocycles. The van der Waals surface area contributed by atoms with Crippen molar-refractivity contribution in [3.05, 3.63) is 163 Å². The molecule has 3 atom stereocenters. The van der Waals surface area contributed by atoms with Crippen LogP contribution < -0.4 is 0 Å². The van der Waals surface area contributed by atoms with Gasteiger partial charge >= 0.3 is 0 Å². The van der Waals surface area contributed by atoms with Gasteiger partial charge in [-0.15, -0.1) is 0 Å². The van der Waals surface area contributed by atoms with Crippen molar-refractivity contribution < 1.29 is 0 Å². The van der Waals surface area contributed by atoms with Crippen LogP contribution in [0, 0.1) is 29.1 Å². The van der Waals surface area contributed by atoms with Gasteiger partial charge in [0.05, 0.1) is 0 Å². The van der Waals surface area contributed by atoms with E-state index < -0.39 is 0 Å². The second kappa shape index (κ2) is 13.1. The van der Waals surface area contributed by atoms with Crippen molar-refractivity contribution in [2.45, 2.75) is 118 Å². The van der Waals surface area contributed by atoms with Crippen molar-refractivity contribution in [2.75, 3.05) is 0 Å². The molecule has 0 bridgehead atoms. The van der Waals surface area contributed by atoms with E-state index in [4.69, 9.17) is 0 Å². The summed E-state index contributed by atoms with van der Waals surface area (Å²) in [6.45, 7) is 11.8. The summed E-state index contributed by atoms with van der Waals surface area (Å²) >= 11 is 0. The smallest absolute Gasteiger partial charge is 0.0196 e. The van der Waals surface area contributed by atoms with E-state index in [-0.39, 0.29) is 5.41 Å². The maximum Gasteiger partial charge on any atom is 0.0196 e. The van der Waals surface area contributed by atoms with Gasteiger partial charge in [0.2, 0.25) is 0 Å². The molecule has 9 aliphatic rings. The van der Waals surface area contributed by atoms with Crippen LogP contribution in [0.2, 0.25) is 0 Å². The highest BCUT2D eigenvalue weighted by molar-refractivity contribution is 5.67. The Morgan fingerprint density at radius 3 is 2.24 bits per heavy atom.